The molecule has 0 bridgehead atoms. The normalized spacial score (nSPS) is 25.2. The fraction of sp³-hybridized carbons (Fsp3) is 0.929. The van der Waals surface area contributed by atoms with E-state index >= 15 is 0 Å². The van der Waals surface area contributed by atoms with Crippen molar-refractivity contribution < 1.29 is 18.0 Å². The maximum Gasteiger partial charge on any atom is 0.391 e. The van der Waals surface area contributed by atoms with Gasteiger partial charge in [0.2, 0.25) is 5.91 Å². The molecule has 20 heavy (non-hydrogen) atoms. The summed E-state index contributed by atoms with van der Waals surface area (Å²) >= 11 is 0. The van der Waals surface area contributed by atoms with E-state index in [1.807, 2.05) is 13.8 Å². The summed E-state index contributed by atoms with van der Waals surface area (Å²) in [7, 11) is 0. The molecule has 0 spiro atoms. The van der Waals surface area contributed by atoms with E-state index in [4.69, 9.17) is 0 Å². The van der Waals surface area contributed by atoms with Crippen LogP contribution in [0.1, 0.15) is 52.4 Å². The van der Waals surface area contributed by atoms with Crippen molar-refractivity contribution in [1.29, 1.82) is 0 Å². The third-order valence-electron chi connectivity index (χ3n) is 3.99. The highest BCUT2D eigenvalue weighted by molar-refractivity contribution is 5.76. The summed E-state index contributed by atoms with van der Waals surface area (Å²) in [6.45, 7) is 4.48. The van der Waals surface area contributed by atoms with Gasteiger partial charge in [0.05, 0.1) is 5.92 Å². The lowest BCUT2D eigenvalue weighted by Gasteiger charge is -2.30. The zero-order valence-electron chi connectivity index (χ0n) is 12.2. The standard InChI is InChI=1S/C14H25F3N2O/c1-3-10(2)19-13(20)8-9-18-12-6-4-11(5-7-12)14(15,16)17/h10-12,18H,3-9H2,1-2H3,(H,19,20). The van der Waals surface area contributed by atoms with E-state index < -0.39 is 12.1 Å². The van der Waals surface area contributed by atoms with Crippen LogP contribution < -0.4 is 10.6 Å². The van der Waals surface area contributed by atoms with Crippen LogP contribution in [-0.2, 0) is 4.79 Å². The second kappa shape index (κ2) is 7.86. The molecule has 0 aromatic rings. The van der Waals surface area contributed by atoms with E-state index in [0.29, 0.717) is 25.8 Å². The molecule has 1 aliphatic rings. The smallest absolute Gasteiger partial charge is 0.354 e. The van der Waals surface area contributed by atoms with Crippen molar-refractivity contribution in [1.82, 2.24) is 10.6 Å². The predicted molar refractivity (Wildman–Crippen MR) is 72.3 cm³/mol. The number of amides is 1. The Morgan fingerprint density at radius 3 is 2.35 bits per heavy atom. The molecule has 118 valence electrons. The largest absolute Gasteiger partial charge is 0.391 e. The summed E-state index contributed by atoms with van der Waals surface area (Å²) in [5.74, 6) is -1.15. The number of carbonyl (C=O) groups excluding carboxylic acids is 1. The molecule has 3 nitrogen and oxygen atoms in total. The van der Waals surface area contributed by atoms with Gasteiger partial charge in [-0.15, -0.1) is 0 Å². The second-order valence-corrected chi connectivity index (χ2v) is 5.67. The van der Waals surface area contributed by atoms with Crippen LogP contribution in [0.4, 0.5) is 13.2 Å². The van der Waals surface area contributed by atoms with E-state index in [9.17, 15) is 18.0 Å². The highest BCUT2D eigenvalue weighted by atomic mass is 19.4. The van der Waals surface area contributed by atoms with E-state index in [1.165, 1.54) is 0 Å². The number of nitrogens with one attached hydrogen (secondary N) is 2. The first kappa shape index (κ1) is 17.3. The Morgan fingerprint density at radius 1 is 1.25 bits per heavy atom. The van der Waals surface area contributed by atoms with E-state index in [2.05, 4.69) is 10.6 Å². The Morgan fingerprint density at radius 2 is 1.85 bits per heavy atom. The number of hydrogen-bond donors (Lipinski definition) is 2. The molecule has 0 radical (unpaired) electrons. The van der Waals surface area contributed by atoms with Crippen molar-refractivity contribution in [2.45, 2.75) is 70.6 Å². The first-order valence-electron chi connectivity index (χ1n) is 7.42. The van der Waals surface area contributed by atoms with Crippen LogP contribution in [0.3, 0.4) is 0 Å². The molecule has 0 aliphatic heterocycles. The predicted octanol–water partition coefficient (Wildman–Crippen LogP) is 3.00. The third kappa shape index (κ3) is 6.11. The Bertz CT molecular complexity index is 299. The number of hydrogen-bond acceptors (Lipinski definition) is 2. The van der Waals surface area contributed by atoms with Crippen LogP contribution in [0, 0.1) is 5.92 Å². The van der Waals surface area contributed by atoms with Gasteiger partial charge in [0.1, 0.15) is 0 Å². The second-order valence-electron chi connectivity index (χ2n) is 5.67. The maximum absolute atomic E-state index is 12.5. The molecule has 0 saturated heterocycles. The fourth-order valence-electron chi connectivity index (χ4n) is 2.46. The molecule has 2 N–H and O–H groups in total. The number of alkyl halides is 3. The number of halogens is 3. The quantitative estimate of drug-likeness (QED) is 0.790. The van der Waals surface area contributed by atoms with E-state index in [1.54, 1.807) is 0 Å². The molecule has 1 atom stereocenters. The van der Waals surface area contributed by atoms with E-state index in [-0.39, 0.29) is 30.8 Å². The van der Waals surface area contributed by atoms with Gasteiger partial charge in [0.25, 0.3) is 0 Å². The van der Waals surface area contributed by atoms with Gasteiger partial charge in [-0.25, -0.2) is 0 Å². The van der Waals surface area contributed by atoms with Crippen LogP contribution >= 0.6 is 0 Å². The summed E-state index contributed by atoms with van der Waals surface area (Å²) in [5.41, 5.74) is 0. The third-order valence-corrected chi connectivity index (χ3v) is 3.99. The Hall–Kier alpha value is -0.780. The van der Waals surface area contributed by atoms with Gasteiger partial charge in [-0.05, 0) is 39.0 Å². The van der Waals surface area contributed by atoms with Crippen molar-refractivity contribution >= 4 is 5.91 Å². The molecule has 6 heteroatoms. The average molecular weight is 294 g/mol. The lowest BCUT2D eigenvalue weighted by atomic mass is 9.85. The van der Waals surface area contributed by atoms with Crippen LogP contribution in [0.5, 0.6) is 0 Å². The minimum Gasteiger partial charge on any atom is -0.354 e. The van der Waals surface area contributed by atoms with Gasteiger partial charge in [-0.1, -0.05) is 6.92 Å². The number of carbonyl (C=O) groups is 1. The molecular formula is C14H25F3N2O. The first-order valence-corrected chi connectivity index (χ1v) is 7.42. The fourth-order valence-corrected chi connectivity index (χ4v) is 2.46. The Kier molecular flexibility index (Phi) is 6.79. The number of rotatable bonds is 6. The maximum atomic E-state index is 12.5. The highest BCUT2D eigenvalue weighted by Crippen LogP contribution is 2.37. The highest BCUT2D eigenvalue weighted by Gasteiger charge is 2.41. The van der Waals surface area contributed by atoms with Crippen molar-refractivity contribution in [3.8, 4) is 0 Å². The molecular weight excluding hydrogens is 269 g/mol. The Labute approximate surface area is 118 Å². The zero-order valence-corrected chi connectivity index (χ0v) is 12.2. The molecule has 0 aromatic carbocycles. The summed E-state index contributed by atoms with van der Waals surface area (Å²) in [6.07, 6.45) is -1.32. The van der Waals surface area contributed by atoms with Crippen molar-refractivity contribution in [3.05, 3.63) is 0 Å². The van der Waals surface area contributed by atoms with Gasteiger partial charge in [-0.3, -0.25) is 4.79 Å². The molecule has 0 aromatic heterocycles. The van der Waals surface area contributed by atoms with Gasteiger partial charge < -0.3 is 10.6 Å². The van der Waals surface area contributed by atoms with Crippen molar-refractivity contribution in [2.24, 2.45) is 5.92 Å². The molecule has 1 saturated carbocycles. The summed E-state index contributed by atoms with van der Waals surface area (Å²) in [5, 5.41) is 6.05. The van der Waals surface area contributed by atoms with Crippen molar-refractivity contribution in [3.63, 3.8) is 0 Å². The van der Waals surface area contributed by atoms with E-state index in [0.717, 1.165) is 6.42 Å². The summed E-state index contributed by atoms with van der Waals surface area (Å²) < 4.78 is 37.5. The van der Waals surface area contributed by atoms with Crippen LogP contribution in [-0.4, -0.2) is 30.7 Å². The van der Waals surface area contributed by atoms with Crippen LogP contribution in [0.25, 0.3) is 0 Å². The molecule has 0 heterocycles. The Balaban J connectivity index is 2.14. The van der Waals surface area contributed by atoms with Gasteiger partial charge in [-0.2, -0.15) is 13.2 Å². The molecule has 1 aliphatic carbocycles. The monoisotopic (exact) mass is 294 g/mol. The zero-order chi connectivity index (χ0) is 15.2. The molecule has 1 fully saturated rings. The molecule has 1 rings (SSSR count). The minimum atomic E-state index is -4.05. The van der Waals surface area contributed by atoms with Crippen LogP contribution in [0.15, 0.2) is 0 Å². The van der Waals surface area contributed by atoms with Crippen LogP contribution in [0.2, 0.25) is 0 Å². The first-order chi connectivity index (χ1) is 9.32. The molecule has 1 amide bonds. The molecule has 1 unspecified atom stereocenters. The lowest BCUT2D eigenvalue weighted by Crippen LogP contribution is -2.39. The summed E-state index contributed by atoms with van der Waals surface area (Å²) in [6, 6.07) is 0.287. The topological polar surface area (TPSA) is 41.1 Å². The van der Waals surface area contributed by atoms with Gasteiger partial charge in [0.15, 0.2) is 0 Å². The van der Waals surface area contributed by atoms with Crippen molar-refractivity contribution in [2.75, 3.05) is 6.54 Å². The van der Waals surface area contributed by atoms with Gasteiger partial charge >= 0.3 is 6.18 Å². The van der Waals surface area contributed by atoms with Gasteiger partial charge in [0, 0.05) is 25.0 Å². The average Bonchev–Trinajstić information content (AvgIpc) is 2.38. The lowest BCUT2D eigenvalue weighted by molar-refractivity contribution is -0.182. The summed E-state index contributed by atoms with van der Waals surface area (Å²) in [4.78, 5) is 11.5. The minimum absolute atomic E-state index is 0.00386. The SMILES string of the molecule is CCC(C)NC(=O)CCNC1CCC(C(F)(F)F)CC1.